The number of hydrogen-bond acceptors (Lipinski definition) is 4. The van der Waals surface area contributed by atoms with Crippen molar-refractivity contribution in [2.24, 2.45) is 0 Å². The van der Waals surface area contributed by atoms with E-state index in [1.807, 2.05) is 30.3 Å². The van der Waals surface area contributed by atoms with E-state index >= 15 is 0 Å². The first-order valence-corrected chi connectivity index (χ1v) is 5.28. The molecular weight excluding hydrogens is 210 g/mol. The van der Waals surface area contributed by atoms with Crippen LogP contribution in [0.25, 0.3) is 10.4 Å². The Kier molecular flexibility index (Phi) is 2.78. The SMILES string of the molecule is COC(=O)c1ncsc1-c1ccccc1. The minimum atomic E-state index is -0.393. The van der Waals surface area contributed by atoms with Crippen LogP contribution in [-0.2, 0) is 4.74 Å². The Bertz CT molecular complexity index is 464. The van der Waals surface area contributed by atoms with Crippen LogP contribution in [-0.4, -0.2) is 18.1 Å². The van der Waals surface area contributed by atoms with Crippen molar-refractivity contribution in [3.05, 3.63) is 41.5 Å². The van der Waals surface area contributed by atoms with Gasteiger partial charge < -0.3 is 4.74 Å². The van der Waals surface area contributed by atoms with Crippen LogP contribution < -0.4 is 0 Å². The number of esters is 1. The summed E-state index contributed by atoms with van der Waals surface area (Å²) in [5.41, 5.74) is 3.02. The standard InChI is InChI=1S/C11H9NO2S/c1-14-11(13)9-10(15-7-12-9)8-5-3-2-4-6-8/h2-7H,1H3. The predicted octanol–water partition coefficient (Wildman–Crippen LogP) is 2.60. The summed E-state index contributed by atoms with van der Waals surface area (Å²) in [5, 5.41) is 0. The van der Waals surface area contributed by atoms with Crippen LogP contribution in [0, 0.1) is 0 Å². The lowest BCUT2D eigenvalue weighted by atomic mass is 10.1. The molecule has 0 unspecified atom stereocenters. The highest BCUT2D eigenvalue weighted by atomic mass is 32.1. The molecular formula is C11H9NO2S. The predicted molar refractivity (Wildman–Crippen MR) is 58.9 cm³/mol. The van der Waals surface area contributed by atoms with Gasteiger partial charge in [-0.25, -0.2) is 9.78 Å². The minimum Gasteiger partial charge on any atom is -0.464 e. The van der Waals surface area contributed by atoms with Gasteiger partial charge in [-0.2, -0.15) is 0 Å². The minimum absolute atomic E-state index is 0.383. The molecule has 0 amide bonds. The lowest BCUT2D eigenvalue weighted by Gasteiger charge is -1.99. The van der Waals surface area contributed by atoms with E-state index in [1.165, 1.54) is 18.4 Å². The average Bonchev–Trinajstić information content (AvgIpc) is 2.78. The maximum Gasteiger partial charge on any atom is 0.358 e. The lowest BCUT2D eigenvalue weighted by Crippen LogP contribution is -2.02. The van der Waals surface area contributed by atoms with Gasteiger partial charge in [0.05, 0.1) is 17.5 Å². The smallest absolute Gasteiger partial charge is 0.358 e. The van der Waals surface area contributed by atoms with Gasteiger partial charge in [0, 0.05) is 0 Å². The van der Waals surface area contributed by atoms with Crippen molar-refractivity contribution in [3.8, 4) is 10.4 Å². The molecule has 0 aliphatic rings. The largest absolute Gasteiger partial charge is 0.464 e. The van der Waals surface area contributed by atoms with E-state index in [0.717, 1.165) is 10.4 Å². The number of rotatable bonds is 2. The molecule has 0 aliphatic carbocycles. The van der Waals surface area contributed by atoms with Gasteiger partial charge in [0.2, 0.25) is 0 Å². The van der Waals surface area contributed by atoms with Crippen LogP contribution in [0.5, 0.6) is 0 Å². The molecule has 1 aromatic heterocycles. The van der Waals surface area contributed by atoms with Crippen molar-refractivity contribution in [3.63, 3.8) is 0 Å². The van der Waals surface area contributed by atoms with E-state index in [-0.39, 0.29) is 0 Å². The van der Waals surface area contributed by atoms with E-state index in [9.17, 15) is 4.79 Å². The molecule has 0 N–H and O–H groups in total. The maximum atomic E-state index is 11.4. The second-order valence-electron chi connectivity index (χ2n) is 2.89. The molecule has 3 nitrogen and oxygen atoms in total. The van der Waals surface area contributed by atoms with Gasteiger partial charge in [-0.15, -0.1) is 11.3 Å². The van der Waals surface area contributed by atoms with Crippen LogP contribution in [0.1, 0.15) is 10.5 Å². The third-order valence-electron chi connectivity index (χ3n) is 1.98. The molecule has 0 saturated heterocycles. The normalized spacial score (nSPS) is 9.93. The van der Waals surface area contributed by atoms with E-state index in [2.05, 4.69) is 9.72 Å². The molecule has 0 aliphatic heterocycles. The third-order valence-corrected chi connectivity index (χ3v) is 2.86. The number of aromatic nitrogens is 1. The van der Waals surface area contributed by atoms with Crippen molar-refractivity contribution in [2.45, 2.75) is 0 Å². The zero-order valence-electron chi connectivity index (χ0n) is 8.14. The number of carbonyl (C=O) groups is 1. The first kappa shape index (κ1) is 9.86. The molecule has 0 spiro atoms. The zero-order valence-corrected chi connectivity index (χ0v) is 8.95. The Labute approximate surface area is 91.4 Å². The monoisotopic (exact) mass is 219 g/mol. The van der Waals surface area contributed by atoms with E-state index < -0.39 is 5.97 Å². The highest BCUT2D eigenvalue weighted by molar-refractivity contribution is 7.13. The summed E-state index contributed by atoms with van der Waals surface area (Å²) in [6, 6.07) is 9.68. The molecule has 2 rings (SSSR count). The van der Waals surface area contributed by atoms with Gasteiger partial charge >= 0.3 is 5.97 Å². The van der Waals surface area contributed by atoms with Gasteiger partial charge in [-0.1, -0.05) is 30.3 Å². The molecule has 1 aromatic carbocycles. The fraction of sp³-hybridized carbons (Fsp3) is 0.0909. The molecule has 4 heteroatoms. The Morgan fingerprint density at radius 2 is 2.07 bits per heavy atom. The molecule has 0 atom stereocenters. The Balaban J connectivity index is 2.46. The Morgan fingerprint density at radius 1 is 1.33 bits per heavy atom. The van der Waals surface area contributed by atoms with Crippen LogP contribution in [0.2, 0.25) is 0 Å². The number of benzene rings is 1. The summed E-state index contributed by atoms with van der Waals surface area (Å²) in [6.07, 6.45) is 0. The van der Waals surface area contributed by atoms with Gasteiger partial charge in [0.25, 0.3) is 0 Å². The first-order valence-electron chi connectivity index (χ1n) is 4.40. The molecule has 2 aromatic rings. The number of hydrogen-bond donors (Lipinski definition) is 0. The zero-order chi connectivity index (χ0) is 10.7. The fourth-order valence-corrected chi connectivity index (χ4v) is 2.07. The topological polar surface area (TPSA) is 39.2 Å². The summed E-state index contributed by atoms with van der Waals surface area (Å²) in [7, 11) is 1.36. The number of methoxy groups -OCH3 is 1. The van der Waals surface area contributed by atoms with Crippen LogP contribution in [0.3, 0.4) is 0 Å². The van der Waals surface area contributed by atoms with E-state index in [0.29, 0.717) is 5.69 Å². The average molecular weight is 219 g/mol. The lowest BCUT2D eigenvalue weighted by molar-refractivity contribution is 0.0596. The molecule has 0 fully saturated rings. The summed E-state index contributed by atoms with van der Waals surface area (Å²) in [5.74, 6) is -0.393. The number of nitrogens with zero attached hydrogens (tertiary/aromatic N) is 1. The highest BCUT2D eigenvalue weighted by Gasteiger charge is 2.15. The summed E-state index contributed by atoms with van der Waals surface area (Å²) in [4.78, 5) is 16.2. The van der Waals surface area contributed by atoms with Crippen LogP contribution >= 0.6 is 11.3 Å². The molecule has 0 radical (unpaired) electrons. The van der Waals surface area contributed by atoms with E-state index in [1.54, 1.807) is 5.51 Å². The van der Waals surface area contributed by atoms with Gasteiger partial charge in [0.1, 0.15) is 0 Å². The number of ether oxygens (including phenoxy) is 1. The van der Waals surface area contributed by atoms with Crippen LogP contribution in [0.4, 0.5) is 0 Å². The van der Waals surface area contributed by atoms with Crippen molar-refractivity contribution in [1.29, 1.82) is 0 Å². The molecule has 76 valence electrons. The quantitative estimate of drug-likeness (QED) is 0.729. The molecule has 1 heterocycles. The number of carbonyl (C=O) groups excluding carboxylic acids is 1. The van der Waals surface area contributed by atoms with E-state index in [4.69, 9.17) is 0 Å². The maximum absolute atomic E-state index is 11.4. The summed E-state index contributed by atoms with van der Waals surface area (Å²) >= 11 is 1.43. The van der Waals surface area contributed by atoms with Crippen molar-refractivity contribution < 1.29 is 9.53 Å². The van der Waals surface area contributed by atoms with Crippen molar-refractivity contribution in [1.82, 2.24) is 4.98 Å². The summed E-state index contributed by atoms with van der Waals surface area (Å²) in [6.45, 7) is 0. The van der Waals surface area contributed by atoms with Crippen molar-refractivity contribution in [2.75, 3.05) is 7.11 Å². The van der Waals surface area contributed by atoms with Gasteiger partial charge in [-0.05, 0) is 5.56 Å². The number of thiazole rings is 1. The van der Waals surface area contributed by atoms with Gasteiger partial charge in [-0.3, -0.25) is 0 Å². The third kappa shape index (κ3) is 1.89. The fourth-order valence-electron chi connectivity index (χ4n) is 1.28. The Hall–Kier alpha value is -1.68. The second-order valence-corrected chi connectivity index (χ2v) is 3.74. The molecule has 0 saturated carbocycles. The highest BCUT2D eigenvalue weighted by Crippen LogP contribution is 2.27. The first-order chi connectivity index (χ1) is 7.33. The summed E-state index contributed by atoms with van der Waals surface area (Å²) < 4.78 is 4.66. The van der Waals surface area contributed by atoms with Crippen molar-refractivity contribution >= 4 is 17.3 Å². The van der Waals surface area contributed by atoms with Gasteiger partial charge in [0.15, 0.2) is 5.69 Å². The van der Waals surface area contributed by atoms with Crippen LogP contribution in [0.15, 0.2) is 35.8 Å². The molecule has 0 bridgehead atoms. The molecule has 15 heavy (non-hydrogen) atoms. The Morgan fingerprint density at radius 3 is 2.73 bits per heavy atom. The second kappa shape index (κ2) is 4.23.